The minimum absolute atomic E-state index is 0.184. The summed E-state index contributed by atoms with van der Waals surface area (Å²) in [7, 11) is 1.45. The van der Waals surface area contributed by atoms with Crippen LogP contribution in [0.1, 0.15) is 31.0 Å². The summed E-state index contributed by atoms with van der Waals surface area (Å²) >= 11 is 14.6. The van der Waals surface area contributed by atoms with Crippen molar-refractivity contribution >= 4 is 62.9 Å². The summed E-state index contributed by atoms with van der Waals surface area (Å²) in [5, 5.41) is 6.71. The number of thiocarbonyl (C=S) groups is 1. The number of carbonyl (C=O) groups is 2. The molecule has 34 heavy (non-hydrogen) atoms. The number of hydrogen-bond acceptors (Lipinski definition) is 7. The summed E-state index contributed by atoms with van der Waals surface area (Å²) in [5.41, 5.74) is 2.31. The monoisotopic (exact) mass is 565 g/mol. The lowest BCUT2D eigenvalue weighted by Crippen LogP contribution is -2.45. The van der Waals surface area contributed by atoms with Gasteiger partial charge in [0.1, 0.15) is 5.15 Å². The summed E-state index contributed by atoms with van der Waals surface area (Å²) in [5.74, 6) is -0.628. The van der Waals surface area contributed by atoms with Crippen LogP contribution in [0.25, 0.3) is 6.08 Å². The molecule has 1 aromatic heterocycles. The second-order valence-corrected chi connectivity index (χ2v) is 8.64. The fourth-order valence-electron chi connectivity index (χ4n) is 3.25. The average Bonchev–Trinajstić information content (AvgIpc) is 2.78. The van der Waals surface area contributed by atoms with Gasteiger partial charge in [0.05, 0.1) is 29.8 Å². The van der Waals surface area contributed by atoms with E-state index in [1.54, 1.807) is 44.2 Å². The maximum absolute atomic E-state index is 12.6. The van der Waals surface area contributed by atoms with E-state index in [-0.39, 0.29) is 18.1 Å². The Morgan fingerprint density at radius 3 is 2.76 bits per heavy atom. The number of halogens is 2. The van der Waals surface area contributed by atoms with E-state index in [0.717, 1.165) is 0 Å². The highest BCUT2D eigenvalue weighted by molar-refractivity contribution is 9.10. The normalized spacial score (nSPS) is 15.6. The van der Waals surface area contributed by atoms with Crippen LogP contribution in [-0.2, 0) is 14.3 Å². The van der Waals surface area contributed by atoms with Gasteiger partial charge in [-0.25, -0.2) is 14.6 Å². The van der Waals surface area contributed by atoms with Crippen molar-refractivity contribution < 1.29 is 23.8 Å². The van der Waals surface area contributed by atoms with Crippen LogP contribution >= 0.6 is 39.7 Å². The number of pyridine rings is 1. The molecule has 1 aromatic carbocycles. The molecule has 0 amide bonds. The van der Waals surface area contributed by atoms with Gasteiger partial charge < -0.3 is 24.8 Å². The van der Waals surface area contributed by atoms with Crippen LogP contribution < -0.4 is 20.1 Å². The number of rotatable bonds is 7. The largest absolute Gasteiger partial charge is 0.493 e. The predicted molar refractivity (Wildman–Crippen MR) is 136 cm³/mol. The first kappa shape index (κ1) is 25.7. The Morgan fingerprint density at radius 1 is 1.32 bits per heavy atom. The molecular formula is C23H21BrClN3O5S. The zero-order valence-electron chi connectivity index (χ0n) is 18.5. The minimum Gasteiger partial charge on any atom is -0.493 e. The van der Waals surface area contributed by atoms with E-state index in [0.29, 0.717) is 37.1 Å². The first-order chi connectivity index (χ1) is 16.2. The van der Waals surface area contributed by atoms with Gasteiger partial charge in [0.25, 0.3) is 0 Å². The molecule has 1 aliphatic heterocycles. The Labute approximate surface area is 215 Å². The number of hydrogen-bond donors (Lipinski definition) is 2. The molecule has 0 spiro atoms. The number of nitrogens with one attached hydrogen (secondary N) is 2. The van der Waals surface area contributed by atoms with E-state index < -0.39 is 18.0 Å². The van der Waals surface area contributed by atoms with Crippen molar-refractivity contribution in [2.24, 2.45) is 0 Å². The zero-order valence-corrected chi connectivity index (χ0v) is 21.6. The molecule has 2 N–H and O–H groups in total. The molecule has 0 saturated carbocycles. The lowest BCUT2D eigenvalue weighted by Gasteiger charge is -2.30. The van der Waals surface area contributed by atoms with Crippen LogP contribution in [0, 0.1) is 0 Å². The molecule has 0 radical (unpaired) electrons. The predicted octanol–water partition coefficient (Wildman–Crippen LogP) is 4.48. The summed E-state index contributed by atoms with van der Waals surface area (Å²) in [6, 6.07) is 6.10. The van der Waals surface area contributed by atoms with E-state index in [1.165, 1.54) is 19.4 Å². The van der Waals surface area contributed by atoms with Crippen molar-refractivity contribution in [2.75, 3.05) is 13.7 Å². The molecule has 0 aliphatic carbocycles. The highest BCUT2D eigenvalue weighted by Crippen LogP contribution is 2.40. The molecule has 8 nitrogen and oxygen atoms in total. The Balaban J connectivity index is 1.90. The SMILES string of the molecule is CCOC(=O)C1=C(C)NC(=S)NC1c1cc(Br)c(OC(=O)/C=C/c2ccnc(Cl)c2)c(OC)c1. The second kappa shape index (κ2) is 11.5. The summed E-state index contributed by atoms with van der Waals surface area (Å²) in [6.45, 7) is 3.71. The zero-order chi connectivity index (χ0) is 24.8. The number of nitrogens with zero attached hydrogens (tertiary/aromatic N) is 1. The summed E-state index contributed by atoms with van der Waals surface area (Å²) < 4.78 is 16.6. The maximum atomic E-state index is 12.6. The van der Waals surface area contributed by atoms with Crippen molar-refractivity contribution in [1.82, 2.24) is 15.6 Å². The lowest BCUT2D eigenvalue weighted by molar-refractivity contribution is -0.139. The van der Waals surface area contributed by atoms with Gasteiger partial charge in [0.2, 0.25) is 0 Å². The number of benzene rings is 1. The Kier molecular flexibility index (Phi) is 8.65. The number of ether oxygens (including phenoxy) is 3. The Morgan fingerprint density at radius 2 is 2.09 bits per heavy atom. The maximum Gasteiger partial charge on any atom is 0.338 e. The van der Waals surface area contributed by atoms with Gasteiger partial charge in [-0.05, 0) is 83.5 Å². The summed E-state index contributed by atoms with van der Waals surface area (Å²) in [6.07, 6.45) is 4.36. The third-order valence-corrected chi connectivity index (χ3v) is 5.73. The quantitative estimate of drug-likeness (QED) is 0.165. The number of esters is 2. The molecule has 0 saturated heterocycles. The summed E-state index contributed by atoms with van der Waals surface area (Å²) in [4.78, 5) is 29.0. The molecule has 1 atom stereocenters. The van der Waals surface area contributed by atoms with Gasteiger partial charge >= 0.3 is 11.9 Å². The van der Waals surface area contributed by atoms with Crippen LogP contribution in [0.15, 0.2) is 52.3 Å². The van der Waals surface area contributed by atoms with Crippen molar-refractivity contribution in [2.45, 2.75) is 19.9 Å². The van der Waals surface area contributed by atoms with Gasteiger partial charge in [-0.1, -0.05) is 11.6 Å². The number of carbonyl (C=O) groups excluding carboxylic acids is 2. The fourth-order valence-corrected chi connectivity index (χ4v) is 4.24. The van der Waals surface area contributed by atoms with Gasteiger partial charge in [0.15, 0.2) is 16.6 Å². The van der Waals surface area contributed by atoms with Crippen LogP contribution in [0.3, 0.4) is 0 Å². The van der Waals surface area contributed by atoms with Crippen molar-refractivity contribution in [3.63, 3.8) is 0 Å². The molecule has 0 fully saturated rings. The molecule has 178 valence electrons. The molecule has 2 aromatic rings. The molecule has 2 heterocycles. The third-order valence-electron chi connectivity index (χ3n) is 4.71. The fraction of sp³-hybridized carbons (Fsp3) is 0.217. The Bertz CT molecular complexity index is 1200. The number of allylic oxidation sites excluding steroid dienone is 1. The van der Waals surface area contributed by atoms with E-state index in [2.05, 4.69) is 31.5 Å². The topological polar surface area (TPSA) is 98.8 Å². The minimum atomic E-state index is -0.621. The highest BCUT2D eigenvalue weighted by atomic mass is 79.9. The van der Waals surface area contributed by atoms with Crippen LogP contribution in [0.4, 0.5) is 0 Å². The third kappa shape index (κ3) is 6.13. The van der Waals surface area contributed by atoms with E-state index in [1.807, 2.05) is 0 Å². The van der Waals surface area contributed by atoms with Crippen molar-refractivity contribution in [3.8, 4) is 11.5 Å². The van der Waals surface area contributed by atoms with Crippen LogP contribution in [-0.4, -0.2) is 35.8 Å². The first-order valence-electron chi connectivity index (χ1n) is 10.1. The van der Waals surface area contributed by atoms with Crippen molar-refractivity contribution in [1.29, 1.82) is 0 Å². The molecule has 1 aliphatic rings. The van der Waals surface area contributed by atoms with E-state index in [9.17, 15) is 9.59 Å². The van der Waals surface area contributed by atoms with E-state index >= 15 is 0 Å². The second-order valence-electron chi connectivity index (χ2n) is 6.99. The standard InChI is InChI=1S/C23H21BrClN3O5S/c1-4-32-22(30)19-12(2)27-23(34)28-20(19)14-10-15(24)21(16(11-14)31-3)33-18(29)6-5-13-7-8-26-17(25)9-13/h5-11,20H,4H2,1-3H3,(H2,27,28,34)/b6-5+. The van der Waals surface area contributed by atoms with Gasteiger partial charge in [-0.3, -0.25) is 0 Å². The van der Waals surface area contributed by atoms with E-state index in [4.69, 9.17) is 38.0 Å². The van der Waals surface area contributed by atoms with Crippen molar-refractivity contribution in [3.05, 3.63) is 68.6 Å². The highest BCUT2D eigenvalue weighted by Gasteiger charge is 2.32. The lowest BCUT2D eigenvalue weighted by atomic mass is 9.95. The van der Waals surface area contributed by atoms with Gasteiger partial charge in [0, 0.05) is 18.0 Å². The Hall–Kier alpha value is -2.95. The smallest absolute Gasteiger partial charge is 0.338 e. The number of methoxy groups -OCH3 is 1. The van der Waals surface area contributed by atoms with Gasteiger partial charge in [-0.2, -0.15) is 0 Å². The molecular weight excluding hydrogens is 546 g/mol. The van der Waals surface area contributed by atoms with Crippen LogP contribution in [0.5, 0.6) is 11.5 Å². The van der Waals surface area contributed by atoms with Crippen LogP contribution in [0.2, 0.25) is 5.15 Å². The first-order valence-corrected chi connectivity index (χ1v) is 11.7. The molecule has 11 heteroatoms. The molecule has 1 unspecified atom stereocenters. The number of aromatic nitrogens is 1. The average molecular weight is 567 g/mol. The molecule has 3 rings (SSSR count). The van der Waals surface area contributed by atoms with Gasteiger partial charge in [-0.15, -0.1) is 0 Å². The molecule has 0 bridgehead atoms.